The molecular formula is C14H22N2OS. The molecule has 1 amide bonds. The standard InChI is InChI=1S/C14H22N2OS/c1-11-6-3-4-8-16(11)10-14(17)15-12(2)13-7-5-9-18-13/h5,7,9,11-12H,3-4,6,8,10H2,1-2H3,(H,15,17)/t11-,12+/m1/s1. The smallest absolute Gasteiger partial charge is 0.234 e. The fraction of sp³-hybridized carbons (Fsp3) is 0.643. The minimum atomic E-state index is 0.123. The number of carbonyl (C=O) groups excluding carboxylic acids is 1. The fourth-order valence-corrected chi connectivity index (χ4v) is 3.21. The number of hydrogen-bond donors (Lipinski definition) is 1. The first-order chi connectivity index (χ1) is 8.66. The average molecular weight is 266 g/mol. The lowest BCUT2D eigenvalue weighted by Crippen LogP contribution is -2.44. The second-order valence-corrected chi connectivity index (χ2v) is 6.10. The van der Waals surface area contributed by atoms with E-state index in [9.17, 15) is 4.79 Å². The summed E-state index contributed by atoms with van der Waals surface area (Å²) in [6, 6.07) is 4.76. The normalized spacial score (nSPS) is 22.7. The topological polar surface area (TPSA) is 32.3 Å². The highest BCUT2D eigenvalue weighted by molar-refractivity contribution is 7.10. The fourth-order valence-electron chi connectivity index (χ4n) is 2.47. The monoisotopic (exact) mass is 266 g/mol. The maximum atomic E-state index is 12.0. The van der Waals surface area contributed by atoms with Crippen LogP contribution in [0.1, 0.15) is 44.0 Å². The molecule has 1 aromatic rings. The quantitative estimate of drug-likeness (QED) is 0.909. The molecule has 100 valence electrons. The van der Waals surface area contributed by atoms with E-state index in [4.69, 9.17) is 0 Å². The Hall–Kier alpha value is -0.870. The summed E-state index contributed by atoms with van der Waals surface area (Å²) < 4.78 is 0. The van der Waals surface area contributed by atoms with Gasteiger partial charge in [-0.3, -0.25) is 9.69 Å². The van der Waals surface area contributed by atoms with Gasteiger partial charge in [0.05, 0.1) is 12.6 Å². The lowest BCUT2D eigenvalue weighted by Gasteiger charge is -2.32. The van der Waals surface area contributed by atoms with Crippen molar-refractivity contribution in [1.82, 2.24) is 10.2 Å². The third kappa shape index (κ3) is 3.56. The van der Waals surface area contributed by atoms with Crippen LogP contribution >= 0.6 is 11.3 Å². The van der Waals surface area contributed by atoms with Crippen molar-refractivity contribution in [3.05, 3.63) is 22.4 Å². The second kappa shape index (κ2) is 6.34. The lowest BCUT2D eigenvalue weighted by atomic mass is 10.0. The third-order valence-electron chi connectivity index (χ3n) is 3.63. The van der Waals surface area contributed by atoms with E-state index in [0.717, 1.165) is 6.54 Å². The maximum Gasteiger partial charge on any atom is 0.234 e. The van der Waals surface area contributed by atoms with Crippen molar-refractivity contribution < 1.29 is 4.79 Å². The third-order valence-corrected chi connectivity index (χ3v) is 4.69. The first-order valence-electron chi connectivity index (χ1n) is 6.73. The molecule has 0 bridgehead atoms. The molecule has 1 aliphatic rings. The molecule has 0 aliphatic carbocycles. The molecule has 0 aromatic carbocycles. The average Bonchev–Trinajstić information content (AvgIpc) is 2.85. The Morgan fingerprint density at radius 1 is 1.61 bits per heavy atom. The Balaban J connectivity index is 1.81. The van der Waals surface area contributed by atoms with E-state index in [1.54, 1.807) is 11.3 Å². The molecule has 1 saturated heterocycles. The minimum Gasteiger partial charge on any atom is -0.348 e. The van der Waals surface area contributed by atoms with E-state index >= 15 is 0 Å². The first-order valence-corrected chi connectivity index (χ1v) is 7.61. The van der Waals surface area contributed by atoms with E-state index in [1.807, 2.05) is 18.4 Å². The molecule has 0 spiro atoms. The predicted molar refractivity (Wildman–Crippen MR) is 75.8 cm³/mol. The van der Waals surface area contributed by atoms with Gasteiger partial charge in [0.2, 0.25) is 5.91 Å². The van der Waals surface area contributed by atoms with Crippen molar-refractivity contribution in [3.8, 4) is 0 Å². The van der Waals surface area contributed by atoms with Gasteiger partial charge < -0.3 is 5.32 Å². The number of thiophene rings is 1. The van der Waals surface area contributed by atoms with Gasteiger partial charge in [0.15, 0.2) is 0 Å². The Morgan fingerprint density at radius 2 is 2.44 bits per heavy atom. The number of amides is 1. The van der Waals surface area contributed by atoms with Crippen LogP contribution in [0.3, 0.4) is 0 Å². The van der Waals surface area contributed by atoms with Crippen molar-refractivity contribution in [3.63, 3.8) is 0 Å². The molecule has 1 aromatic heterocycles. The SMILES string of the molecule is C[C@H](NC(=O)CN1CCCC[C@H]1C)c1cccs1. The van der Waals surface area contributed by atoms with Crippen LogP contribution in [0.25, 0.3) is 0 Å². The number of nitrogens with zero attached hydrogens (tertiary/aromatic N) is 1. The van der Waals surface area contributed by atoms with Crippen LogP contribution in [0.2, 0.25) is 0 Å². The van der Waals surface area contributed by atoms with Crippen molar-refractivity contribution in [2.45, 2.75) is 45.2 Å². The number of likely N-dealkylation sites (tertiary alicyclic amines) is 1. The summed E-state index contributed by atoms with van der Waals surface area (Å²) in [5.74, 6) is 0.143. The van der Waals surface area contributed by atoms with Crippen LogP contribution < -0.4 is 5.32 Å². The van der Waals surface area contributed by atoms with Gasteiger partial charge in [-0.05, 0) is 44.7 Å². The van der Waals surface area contributed by atoms with Crippen molar-refractivity contribution in [2.75, 3.05) is 13.1 Å². The van der Waals surface area contributed by atoms with Crippen LogP contribution in [-0.2, 0) is 4.79 Å². The van der Waals surface area contributed by atoms with Gasteiger partial charge in [-0.2, -0.15) is 0 Å². The molecule has 2 atom stereocenters. The van der Waals surface area contributed by atoms with E-state index in [-0.39, 0.29) is 11.9 Å². The summed E-state index contributed by atoms with van der Waals surface area (Å²) in [6.07, 6.45) is 3.73. The Morgan fingerprint density at radius 3 is 3.11 bits per heavy atom. The maximum absolute atomic E-state index is 12.0. The van der Waals surface area contributed by atoms with Crippen molar-refractivity contribution >= 4 is 17.2 Å². The molecule has 0 saturated carbocycles. The van der Waals surface area contributed by atoms with Crippen LogP contribution in [0.15, 0.2) is 17.5 Å². The van der Waals surface area contributed by atoms with E-state index in [0.29, 0.717) is 12.6 Å². The molecule has 2 heterocycles. The molecular weight excluding hydrogens is 244 g/mol. The number of rotatable bonds is 4. The Kier molecular flexibility index (Phi) is 4.78. The Bertz CT molecular complexity index is 377. The van der Waals surface area contributed by atoms with Gasteiger partial charge in [-0.15, -0.1) is 11.3 Å². The lowest BCUT2D eigenvalue weighted by molar-refractivity contribution is -0.123. The highest BCUT2D eigenvalue weighted by Gasteiger charge is 2.21. The summed E-state index contributed by atoms with van der Waals surface area (Å²) in [5, 5.41) is 5.13. The molecule has 18 heavy (non-hydrogen) atoms. The first kappa shape index (κ1) is 13.6. The van der Waals surface area contributed by atoms with Crippen LogP contribution in [0, 0.1) is 0 Å². The van der Waals surface area contributed by atoms with Gasteiger partial charge in [0, 0.05) is 10.9 Å². The summed E-state index contributed by atoms with van der Waals surface area (Å²) in [6.45, 7) is 5.86. The van der Waals surface area contributed by atoms with E-state index in [1.165, 1.54) is 24.1 Å². The van der Waals surface area contributed by atoms with Gasteiger partial charge in [0.1, 0.15) is 0 Å². The summed E-state index contributed by atoms with van der Waals surface area (Å²) in [4.78, 5) is 15.5. The largest absolute Gasteiger partial charge is 0.348 e. The second-order valence-electron chi connectivity index (χ2n) is 5.12. The molecule has 0 radical (unpaired) electrons. The number of nitrogens with one attached hydrogen (secondary N) is 1. The summed E-state index contributed by atoms with van der Waals surface area (Å²) in [5.41, 5.74) is 0. The highest BCUT2D eigenvalue weighted by atomic mass is 32.1. The van der Waals surface area contributed by atoms with Gasteiger partial charge >= 0.3 is 0 Å². The number of hydrogen-bond acceptors (Lipinski definition) is 3. The molecule has 3 nitrogen and oxygen atoms in total. The predicted octanol–water partition coefficient (Wildman–Crippen LogP) is 2.80. The molecule has 1 aliphatic heterocycles. The van der Waals surface area contributed by atoms with E-state index < -0.39 is 0 Å². The minimum absolute atomic E-state index is 0.123. The number of carbonyl (C=O) groups is 1. The Labute approximate surface area is 113 Å². The molecule has 1 fully saturated rings. The zero-order valence-electron chi connectivity index (χ0n) is 11.2. The summed E-state index contributed by atoms with van der Waals surface area (Å²) >= 11 is 1.69. The summed E-state index contributed by atoms with van der Waals surface area (Å²) in [7, 11) is 0. The van der Waals surface area contributed by atoms with E-state index in [2.05, 4.69) is 23.2 Å². The van der Waals surface area contributed by atoms with Gasteiger partial charge in [0.25, 0.3) is 0 Å². The molecule has 4 heteroatoms. The van der Waals surface area contributed by atoms with Crippen LogP contribution in [0.5, 0.6) is 0 Å². The number of piperidine rings is 1. The van der Waals surface area contributed by atoms with Crippen LogP contribution in [0.4, 0.5) is 0 Å². The molecule has 0 unspecified atom stereocenters. The highest BCUT2D eigenvalue weighted by Crippen LogP contribution is 2.19. The molecule has 1 N–H and O–H groups in total. The van der Waals surface area contributed by atoms with Crippen LogP contribution in [-0.4, -0.2) is 29.9 Å². The molecule has 2 rings (SSSR count). The van der Waals surface area contributed by atoms with Gasteiger partial charge in [-0.25, -0.2) is 0 Å². The van der Waals surface area contributed by atoms with Gasteiger partial charge in [-0.1, -0.05) is 12.5 Å². The zero-order chi connectivity index (χ0) is 13.0. The van der Waals surface area contributed by atoms with Crippen molar-refractivity contribution in [1.29, 1.82) is 0 Å². The van der Waals surface area contributed by atoms with Crippen molar-refractivity contribution in [2.24, 2.45) is 0 Å². The zero-order valence-corrected chi connectivity index (χ0v) is 12.0.